The highest BCUT2D eigenvalue weighted by molar-refractivity contribution is 6.42. The molecule has 0 atom stereocenters. The van der Waals surface area contributed by atoms with E-state index in [2.05, 4.69) is 10.3 Å². The number of hydrogen-bond donors (Lipinski definition) is 1. The van der Waals surface area contributed by atoms with Crippen LogP contribution >= 0.6 is 23.2 Å². The van der Waals surface area contributed by atoms with Crippen molar-refractivity contribution in [3.63, 3.8) is 0 Å². The minimum Gasteiger partial charge on any atom is -0.491 e. The number of benzene rings is 1. The summed E-state index contributed by atoms with van der Waals surface area (Å²) in [5, 5.41) is 4.20. The van der Waals surface area contributed by atoms with Gasteiger partial charge in [-0.1, -0.05) is 35.3 Å². The molecule has 0 aliphatic heterocycles. The second-order valence-electron chi connectivity index (χ2n) is 3.90. The van der Waals surface area contributed by atoms with E-state index in [1.807, 2.05) is 24.3 Å². The first-order chi connectivity index (χ1) is 9.27. The zero-order valence-corrected chi connectivity index (χ0v) is 11.8. The summed E-state index contributed by atoms with van der Waals surface area (Å²) >= 11 is 11.9. The smallest absolute Gasteiger partial charge is 0.139 e. The number of hydrogen-bond acceptors (Lipinski definition) is 3. The van der Waals surface area contributed by atoms with E-state index in [9.17, 15) is 0 Å². The van der Waals surface area contributed by atoms with E-state index >= 15 is 0 Å². The molecule has 19 heavy (non-hydrogen) atoms. The van der Waals surface area contributed by atoms with Crippen LogP contribution < -0.4 is 10.1 Å². The van der Waals surface area contributed by atoms with Crippen LogP contribution in [0.25, 0.3) is 0 Å². The molecule has 0 aliphatic rings. The van der Waals surface area contributed by atoms with Gasteiger partial charge < -0.3 is 10.1 Å². The Labute approximate surface area is 122 Å². The van der Waals surface area contributed by atoms with Crippen molar-refractivity contribution in [3.05, 3.63) is 58.3 Å². The zero-order chi connectivity index (χ0) is 13.5. The molecule has 1 aromatic heterocycles. The maximum Gasteiger partial charge on any atom is 0.139 e. The second kappa shape index (κ2) is 7.34. The molecule has 0 fully saturated rings. The van der Waals surface area contributed by atoms with Crippen LogP contribution in [0, 0.1) is 0 Å². The predicted octanol–water partition coefficient (Wildman–Crippen LogP) is 3.56. The van der Waals surface area contributed by atoms with Crippen LogP contribution in [0.2, 0.25) is 10.0 Å². The van der Waals surface area contributed by atoms with E-state index in [-0.39, 0.29) is 0 Å². The lowest BCUT2D eigenvalue weighted by Gasteiger charge is -2.09. The molecule has 1 heterocycles. The van der Waals surface area contributed by atoms with Crippen molar-refractivity contribution in [3.8, 4) is 5.75 Å². The van der Waals surface area contributed by atoms with Gasteiger partial charge in [0.1, 0.15) is 17.4 Å². The van der Waals surface area contributed by atoms with Crippen molar-refractivity contribution in [2.75, 3.05) is 13.2 Å². The minimum atomic E-state index is 0.453. The molecule has 2 aromatic rings. The first-order valence-corrected chi connectivity index (χ1v) is 6.70. The fourth-order valence-corrected chi connectivity index (χ4v) is 1.89. The summed E-state index contributed by atoms with van der Waals surface area (Å²) in [5.74, 6) is 0.605. The number of pyridine rings is 1. The summed E-state index contributed by atoms with van der Waals surface area (Å²) in [6.07, 6.45) is 1.78. The van der Waals surface area contributed by atoms with Gasteiger partial charge in [-0.3, -0.25) is 4.98 Å². The van der Waals surface area contributed by atoms with Gasteiger partial charge in [0.25, 0.3) is 0 Å². The third kappa shape index (κ3) is 4.39. The monoisotopic (exact) mass is 296 g/mol. The number of ether oxygens (including phenoxy) is 1. The van der Waals surface area contributed by atoms with Gasteiger partial charge in [0, 0.05) is 19.3 Å². The highest BCUT2D eigenvalue weighted by Crippen LogP contribution is 2.31. The Bertz CT molecular complexity index is 520. The third-order valence-electron chi connectivity index (χ3n) is 2.48. The summed E-state index contributed by atoms with van der Waals surface area (Å²) in [4.78, 5) is 4.22. The summed E-state index contributed by atoms with van der Waals surface area (Å²) in [5.41, 5.74) is 1.00. The zero-order valence-electron chi connectivity index (χ0n) is 10.3. The van der Waals surface area contributed by atoms with Gasteiger partial charge in [-0.05, 0) is 24.3 Å². The van der Waals surface area contributed by atoms with E-state index in [4.69, 9.17) is 27.9 Å². The predicted molar refractivity (Wildman–Crippen MR) is 77.9 cm³/mol. The van der Waals surface area contributed by atoms with Gasteiger partial charge in [-0.15, -0.1) is 0 Å². The van der Waals surface area contributed by atoms with Crippen molar-refractivity contribution >= 4 is 23.2 Å². The molecule has 0 unspecified atom stereocenters. The number of nitrogens with one attached hydrogen (secondary N) is 1. The van der Waals surface area contributed by atoms with Crippen molar-refractivity contribution in [1.29, 1.82) is 0 Å². The number of aromatic nitrogens is 1. The van der Waals surface area contributed by atoms with E-state index in [1.165, 1.54) is 0 Å². The highest BCUT2D eigenvalue weighted by Gasteiger charge is 2.04. The Balaban J connectivity index is 1.71. The Morgan fingerprint density at radius 3 is 2.79 bits per heavy atom. The van der Waals surface area contributed by atoms with Crippen LogP contribution in [0.15, 0.2) is 42.6 Å². The fraction of sp³-hybridized carbons (Fsp3) is 0.214. The standard InChI is InChI=1S/C14H14Cl2N2O/c15-12-5-3-6-13(14(12)16)19-9-8-17-10-11-4-1-2-7-18-11/h1-7,17H,8-10H2. The maximum atomic E-state index is 6.01. The largest absolute Gasteiger partial charge is 0.491 e. The van der Waals surface area contributed by atoms with Gasteiger partial charge in [-0.2, -0.15) is 0 Å². The van der Waals surface area contributed by atoms with Crippen LogP contribution in [0.5, 0.6) is 5.75 Å². The molecule has 1 N–H and O–H groups in total. The summed E-state index contributed by atoms with van der Waals surface area (Å²) in [6, 6.07) is 11.2. The van der Waals surface area contributed by atoms with Gasteiger partial charge in [-0.25, -0.2) is 0 Å². The van der Waals surface area contributed by atoms with E-state index in [0.717, 1.165) is 5.69 Å². The molecular weight excluding hydrogens is 283 g/mol. The lowest BCUT2D eigenvalue weighted by molar-refractivity contribution is 0.313. The quantitative estimate of drug-likeness (QED) is 0.828. The van der Waals surface area contributed by atoms with Gasteiger partial charge in [0.2, 0.25) is 0 Å². The first kappa shape index (κ1) is 14.1. The highest BCUT2D eigenvalue weighted by atomic mass is 35.5. The molecule has 0 saturated heterocycles. The molecule has 0 amide bonds. The summed E-state index contributed by atoms with van der Waals surface area (Å²) < 4.78 is 5.56. The fourth-order valence-electron chi connectivity index (χ4n) is 1.55. The van der Waals surface area contributed by atoms with Gasteiger partial charge >= 0.3 is 0 Å². The topological polar surface area (TPSA) is 34.1 Å². The van der Waals surface area contributed by atoms with Crippen LogP contribution in [0.4, 0.5) is 0 Å². The molecule has 100 valence electrons. The Morgan fingerprint density at radius 2 is 2.00 bits per heavy atom. The molecular formula is C14H14Cl2N2O. The van der Waals surface area contributed by atoms with Crippen LogP contribution in [-0.4, -0.2) is 18.1 Å². The molecule has 0 bridgehead atoms. The maximum absolute atomic E-state index is 6.01. The summed E-state index contributed by atoms with van der Waals surface area (Å²) in [7, 11) is 0. The average Bonchev–Trinajstić information content (AvgIpc) is 2.44. The normalized spacial score (nSPS) is 10.4. The molecule has 0 radical (unpaired) electrons. The lowest BCUT2D eigenvalue weighted by atomic mass is 10.3. The van der Waals surface area contributed by atoms with Crippen LogP contribution in [0.3, 0.4) is 0 Å². The molecule has 5 heteroatoms. The SMILES string of the molecule is Clc1cccc(OCCNCc2ccccn2)c1Cl. The van der Waals surface area contributed by atoms with Crippen molar-refractivity contribution in [2.45, 2.75) is 6.54 Å². The number of rotatable bonds is 6. The minimum absolute atomic E-state index is 0.453. The van der Waals surface area contributed by atoms with Crippen molar-refractivity contribution in [1.82, 2.24) is 10.3 Å². The van der Waals surface area contributed by atoms with E-state index < -0.39 is 0 Å². The average molecular weight is 297 g/mol. The first-order valence-electron chi connectivity index (χ1n) is 5.95. The number of halogens is 2. The van der Waals surface area contributed by atoms with Gasteiger partial charge in [0.05, 0.1) is 10.7 Å². The van der Waals surface area contributed by atoms with E-state index in [1.54, 1.807) is 18.3 Å². The number of nitrogens with zero attached hydrogens (tertiary/aromatic N) is 1. The molecule has 1 aromatic carbocycles. The molecule has 0 aliphatic carbocycles. The molecule has 0 saturated carbocycles. The second-order valence-corrected chi connectivity index (χ2v) is 4.68. The van der Waals surface area contributed by atoms with Crippen LogP contribution in [0.1, 0.15) is 5.69 Å². The Kier molecular flexibility index (Phi) is 5.45. The summed E-state index contributed by atoms with van der Waals surface area (Å²) in [6.45, 7) is 1.94. The van der Waals surface area contributed by atoms with Crippen molar-refractivity contribution < 1.29 is 4.74 Å². The molecule has 0 spiro atoms. The molecule has 2 rings (SSSR count). The Hall–Kier alpha value is -1.29. The van der Waals surface area contributed by atoms with E-state index in [0.29, 0.717) is 35.5 Å². The molecule has 3 nitrogen and oxygen atoms in total. The van der Waals surface area contributed by atoms with Crippen molar-refractivity contribution in [2.24, 2.45) is 0 Å². The third-order valence-corrected chi connectivity index (χ3v) is 3.29. The Morgan fingerprint density at radius 1 is 1.11 bits per heavy atom. The van der Waals surface area contributed by atoms with Gasteiger partial charge in [0.15, 0.2) is 0 Å². The lowest BCUT2D eigenvalue weighted by Crippen LogP contribution is -2.21. The van der Waals surface area contributed by atoms with Crippen LogP contribution in [-0.2, 0) is 6.54 Å².